The molecule has 0 bridgehead atoms. The van der Waals surface area contributed by atoms with Gasteiger partial charge in [0.2, 0.25) is 0 Å². The van der Waals surface area contributed by atoms with Crippen molar-refractivity contribution in [1.29, 1.82) is 0 Å². The molecule has 0 atom stereocenters. The van der Waals surface area contributed by atoms with E-state index >= 15 is 0 Å². The molecule has 1 heterocycles. The van der Waals surface area contributed by atoms with Crippen molar-refractivity contribution < 1.29 is 14.3 Å². The molecule has 4 rings (SSSR count). The van der Waals surface area contributed by atoms with E-state index in [0.717, 1.165) is 40.8 Å². The summed E-state index contributed by atoms with van der Waals surface area (Å²) < 4.78 is 10.7. The van der Waals surface area contributed by atoms with Crippen molar-refractivity contribution >= 4 is 16.8 Å². The maximum absolute atomic E-state index is 13.2. The number of hydrogen-bond acceptors (Lipinski definition) is 4. The Morgan fingerprint density at radius 3 is 2.73 bits per heavy atom. The van der Waals surface area contributed by atoms with E-state index in [2.05, 4.69) is 10.2 Å². The number of para-hydroxylation sites is 1. The molecule has 1 N–H and O–H groups in total. The van der Waals surface area contributed by atoms with E-state index in [-0.39, 0.29) is 11.9 Å². The summed E-state index contributed by atoms with van der Waals surface area (Å²) >= 11 is 0. The number of carbonyl (C=O) groups is 1. The van der Waals surface area contributed by atoms with Gasteiger partial charge in [0.25, 0.3) is 5.91 Å². The van der Waals surface area contributed by atoms with Crippen molar-refractivity contribution in [3.8, 4) is 11.5 Å². The van der Waals surface area contributed by atoms with Crippen LogP contribution in [0.4, 0.5) is 0 Å². The Labute approximate surface area is 151 Å². The first-order valence-electron chi connectivity index (χ1n) is 8.66. The van der Waals surface area contributed by atoms with Gasteiger partial charge in [-0.1, -0.05) is 18.2 Å². The topological polar surface area (TPSA) is 67.5 Å². The van der Waals surface area contributed by atoms with Crippen LogP contribution in [0.25, 0.3) is 10.9 Å². The molecule has 26 heavy (non-hydrogen) atoms. The number of nitrogens with one attached hydrogen (secondary N) is 1. The highest BCUT2D eigenvalue weighted by Crippen LogP contribution is 2.33. The van der Waals surface area contributed by atoms with E-state index in [1.165, 1.54) is 0 Å². The minimum Gasteiger partial charge on any atom is -0.497 e. The average molecular weight is 351 g/mol. The molecule has 1 aliphatic rings. The summed E-state index contributed by atoms with van der Waals surface area (Å²) in [5.41, 5.74) is 2.29. The number of fused-ring (bicyclic) bond motifs is 1. The number of hydrogen-bond donors (Lipinski definition) is 1. The molecule has 0 radical (unpaired) electrons. The van der Waals surface area contributed by atoms with Crippen molar-refractivity contribution in [3.05, 3.63) is 53.7 Å². The number of nitrogens with zero attached hydrogens (tertiary/aromatic N) is 2. The average Bonchev–Trinajstić information content (AvgIpc) is 3.43. The SMILES string of the molecule is COc1ccc(CN(C(=O)c2n[nH]c3ccccc23)C2CC2)c(OC)c1. The summed E-state index contributed by atoms with van der Waals surface area (Å²) in [5, 5.41) is 8.07. The van der Waals surface area contributed by atoms with E-state index < -0.39 is 0 Å². The van der Waals surface area contributed by atoms with Gasteiger partial charge in [0, 0.05) is 29.6 Å². The first-order chi connectivity index (χ1) is 12.7. The van der Waals surface area contributed by atoms with Gasteiger partial charge in [-0.25, -0.2) is 0 Å². The van der Waals surface area contributed by atoms with Gasteiger partial charge in [-0.3, -0.25) is 9.89 Å². The highest BCUT2D eigenvalue weighted by atomic mass is 16.5. The van der Waals surface area contributed by atoms with Crippen LogP contribution in [-0.4, -0.2) is 41.3 Å². The minimum absolute atomic E-state index is 0.0529. The quantitative estimate of drug-likeness (QED) is 0.739. The second-order valence-corrected chi connectivity index (χ2v) is 6.46. The van der Waals surface area contributed by atoms with Gasteiger partial charge >= 0.3 is 0 Å². The molecule has 1 aliphatic carbocycles. The monoisotopic (exact) mass is 351 g/mol. The predicted octanol–water partition coefficient (Wildman–Crippen LogP) is 3.38. The minimum atomic E-state index is -0.0529. The number of aromatic nitrogens is 2. The van der Waals surface area contributed by atoms with Gasteiger partial charge in [0.15, 0.2) is 5.69 Å². The van der Waals surface area contributed by atoms with Crippen LogP contribution in [0.1, 0.15) is 28.9 Å². The number of ether oxygens (including phenoxy) is 2. The molecule has 0 aliphatic heterocycles. The lowest BCUT2D eigenvalue weighted by Crippen LogP contribution is -2.33. The normalized spacial score (nSPS) is 13.6. The van der Waals surface area contributed by atoms with Crippen LogP contribution < -0.4 is 9.47 Å². The maximum atomic E-state index is 13.2. The first-order valence-corrected chi connectivity index (χ1v) is 8.66. The second-order valence-electron chi connectivity index (χ2n) is 6.46. The maximum Gasteiger partial charge on any atom is 0.275 e. The van der Waals surface area contributed by atoms with Crippen molar-refractivity contribution in [2.75, 3.05) is 14.2 Å². The number of rotatable bonds is 6. The van der Waals surface area contributed by atoms with Crippen LogP contribution in [0, 0.1) is 0 Å². The zero-order valence-corrected chi connectivity index (χ0v) is 14.9. The molecule has 2 aromatic carbocycles. The third kappa shape index (κ3) is 2.98. The molecule has 6 heteroatoms. The van der Waals surface area contributed by atoms with E-state index in [0.29, 0.717) is 12.2 Å². The third-order valence-electron chi connectivity index (χ3n) is 4.76. The zero-order valence-electron chi connectivity index (χ0n) is 14.9. The standard InChI is InChI=1S/C20H21N3O3/c1-25-15-10-7-13(18(11-15)26-2)12-23(14-8-9-14)20(24)19-16-5-3-4-6-17(16)21-22-19/h3-7,10-11,14H,8-9,12H2,1-2H3,(H,21,22). The fourth-order valence-electron chi connectivity index (χ4n) is 3.18. The second kappa shape index (κ2) is 6.71. The molecule has 134 valence electrons. The Morgan fingerprint density at radius 1 is 1.19 bits per heavy atom. The summed E-state index contributed by atoms with van der Waals surface area (Å²) in [5.74, 6) is 1.39. The van der Waals surface area contributed by atoms with E-state index in [4.69, 9.17) is 9.47 Å². The third-order valence-corrected chi connectivity index (χ3v) is 4.76. The fraction of sp³-hybridized carbons (Fsp3) is 0.300. The van der Waals surface area contributed by atoms with Gasteiger partial charge in [0.05, 0.1) is 19.7 Å². The molecule has 1 amide bonds. The summed E-state index contributed by atoms with van der Waals surface area (Å²) in [4.78, 5) is 15.1. The number of H-pyrrole nitrogens is 1. The largest absolute Gasteiger partial charge is 0.497 e. The van der Waals surface area contributed by atoms with E-state index in [1.54, 1.807) is 14.2 Å². The Morgan fingerprint density at radius 2 is 2.00 bits per heavy atom. The summed E-state index contributed by atoms with van der Waals surface area (Å²) in [7, 11) is 3.25. The predicted molar refractivity (Wildman–Crippen MR) is 98.5 cm³/mol. The Kier molecular flexibility index (Phi) is 4.24. The molecular weight excluding hydrogens is 330 g/mol. The van der Waals surface area contributed by atoms with Gasteiger partial charge < -0.3 is 14.4 Å². The molecule has 6 nitrogen and oxygen atoms in total. The number of aromatic amines is 1. The summed E-state index contributed by atoms with van der Waals surface area (Å²) in [6.45, 7) is 0.484. The van der Waals surface area contributed by atoms with Gasteiger partial charge in [0.1, 0.15) is 11.5 Å². The number of methoxy groups -OCH3 is 2. The lowest BCUT2D eigenvalue weighted by Gasteiger charge is -2.23. The molecule has 1 saturated carbocycles. The molecule has 1 aromatic heterocycles. The molecule has 1 fully saturated rings. The van der Waals surface area contributed by atoms with E-state index in [1.807, 2.05) is 47.4 Å². The zero-order chi connectivity index (χ0) is 18.1. The smallest absolute Gasteiger partial charge is 0.275 e. The molecule has 0 spiro atoms. The highest BCUT2D eigenvalue weighted by Gasteiger charge is 2.35. The molecule has 0 unspecified atom stereocenters. The van der Waals surface area contributed by atoms with Gasteiger partial charge in [-0.2, -0.15) is 5.10 Å². The van der Waals surface area contributed by atoms with Crippen molar-refractivity contribution in [2.45, 2.75) is 25.4 Å². The molecule has 0 saturated heterocycles. The van der Waals surface area contributed by atoms with Crippen LogP contribution in [0.3, 0.4) is 0 Å². The van der Waals surface area contributed by atoms with Crippen molar-refractivity contribution in [3.63, 3.8) is 0 Å². The van der Waals surface area contributed by atoms with Crippen molar-refractivity contribution in [1.82, 2.24) is 15.1 Å². The van der Waals surface area contributed by atoms with E-state index in [9.17, 15) is 4.79 Å². The number of benzene rings is 2. The Bertz CT molecular complexity index is 946. The Hall–Kier alpha value is -3.02. The lowest BCUT2D eigenvalue weighted by atomic mass is 10.1. The van der Waals surface area contributed by atoms with Gasteiger partial charge in [-0.15, -0.1) is 0 Å². The first kappa shape index (κ1) is 16.4. The lowest BCUT2D eigenvalue weighted by molar-refractivity contribution is 0.0724. The highest BCUT2D eigenvalue weighted by molar-refractivity contribution is 6.04. The molecule has 3 aromatic rings. The van der Waals surface area contributed by atoms with Crippen LogP contribution in [0.5, 0.6) is 11.5 Å². The Balaban J connectivity index is 1.65. The van der Waals surface area contributed by atoms with Crippen LogP contribution in [0.2, 0.25) is 0 Å². The summed E-state index contributed by atoms with van der Waals surface area (Å²) in [6.07, 6.45) is 2.04. The van der Waals surface area contributed by atoms with Crippen LogP contribution in [-0.2, 0) is 6.54 Å². The molecular formula is C20H21N3O3. The number of carbonyl (C=O) groups excluding carboxylic acids is 1. The fourth-order valence-corrected chi connectivity index (χ4v) is 3.18. The van der Waals surface area contributed by atoms with Crippen LogP contribution in [0.15, 0.2) is 42.5 Å². The summed E-state index contributed by atoms with van der Waals surface area (Å²) in [6, 6.07) is 13.6. The van der Waals surface area contributed by atoms with Crippen LogP contribution >= 0.6 is 0 Å². The van der Waals surface area contributed by atoms with Crippen molar-refractivity contribution in [2.24, 2.45) is 0 Å². The van der Waals surface area contributed by atoms with Gasteiger partial charge in [-0.05, 0) is 31.0 Å². The number of amides is 1.